The van der Waals surface area contributed by atoms with Gasteiger partial charge in [-0.1, -0.05) is 29.8 Å². The maximum atomic E-state index is 12.5. The van der Waals surface area contributed by atoms with E-state index in [4.69, 9.17) is 4.74 Å². The molecule has 0 spiro atoms. The van der Waals surface area contributed by atoms with E-state index in [1.807, 2.05) is 0 Å². The number of nitrogens with one attached hydrogen (secondary N) is 1. The molecule has 1 aliphatic heterocycles. The smallest absolute Gasteiger partial charge is 0.222 e. The topological polar surface area (TPSA) is 64.1 Å². The van der Waals surface area contributed by atoms with Crippen LogP contribution in [0.3, 0.4) is 0 Å². The average molecular weight is 337 g/mol. The van der Waals surface area contributed by atoms with Crippen molar-refractivity contribution in [2.45, 2.75) is 44.6 Å². The molecule has 2 aromatic rings. The van der Waals surface area contributed by atoms with Crippen molar-refractivity contribution in [2.24, 2.45) is 0 Å². The summed E-state index contributed by atoms with van der Waals surface area (Å²) >= 11 is 0. The number of aromatic nitrogens is 2. The first-order chi connectivity index (χ1) is 12.2. The van der Waals surface area contributed by atoms with Crippen molar-refractivity contribution in [2.75, 3.05) is 18.5 Å². The van der Waals surface area contributed by atoms with Crippen molar-refractivity contribution in [1.29, 1.82) is 0 Å². The lowest BCUT2D eigenvalue weighted by molar-refractivity contribution is 0.0962. The molecule has 2 heterocycles. The molecular formula is C20H23N3O2. The monoisotopic (exact) mass is 337 g/mol. The standard InChI is InChI=1S/C20H23N3O2/c1-13-4-6-14(7-5-13)15-9-18-17(19(24)10-15)12-22-20(23-18)21-11-16-3-2-8-25-16/h4-7,12,15-16H,2-3,8-11H2,1H3,(H,21,22,23)/t15-,16+/m0/s1. The lowest BCUT2D eigenvalue weighted by Crippen LogP contribution is -2.23. The van der Waals surface area contributed by atoms with Crippen LogP contribution in [-0.2, 0) is 11.2 Å². The van der Waals surface area contributed by atoms with Gasteiger partial charge in [0.2, 0.25) is 5.95 Å². The van der Waals surface area contributed by atoms with Gasteiger partial charge in [-0.3, -0.25) is 4.79 Å². The molecule has 1 N–H and O–H groups in total. The van der Waals surface area contributed by atoms with Gasteiger partial charge in [0.15, 0.2) is 5.78 Å². The molecule has 5 nitrogen and oxygen atoms in total. The van der Waals surface area contributed by atoms with Crippen LogP contribution in [0, 0.1) is 6.92 Å². The highest BCUT2D eigenvalue weighted by molar-refractivity contribution is 5.98. The Balaban J connectivity index is 1.51. The Kier molecular flexibility index (Phi) is 4.49. The Labute approximate surface area is 147 Å². The van der Waals surface area contributed by atoms with Crippen molar-refractivity contribution < 1.29 is 9.53 Å². The van der Waals surface area contributed by atoms with Gasteiger partial charge < -0.3 is 10.1 Å². The zero-order valence-electron chi connectivity index (χ0n) is 14.5. The highest BCUT2D eigenvalue weighted by atomic mass is 16.5. The van der Waals surface area contributed by atoms with E-state index in [0.29, 0.717) is 24.5 Å². The van der Waals surface area contributed by atoms with Gasteiger partial charge in [0.25, 0.3) is 0 Å². The second-order valence-corrected chi connectivity index (χ2v) is 7.01. The highest BCUT2D eigenvalue weighted by Crippen LogP contribution is 2.32. The number of nitrogens with zero attached hydrogens (tertiary/aromatic N) is 2. The molecule has 25 heavy (non-hydrogen) atoms. The molecule has 0 radical (unpaired) electrons. The summed E-state index contributed by atoms with van der Waals surface area (Å²) in [5, 5.41) is 3.26. The number of carbonyl (C=O) groups excluding carboxylic acids is 1. The van der Waals surface area contributed by atoms with E-state index >= 15 is 0 Å². The molecule has 0 saturated carbocycles. The van der Waals surface area contributed by atoms with Gasteiger partial charge in [0, 0.05) is 25.8 Å². The van der Waals surface area contributed by atoms with Gasteiger partial charge in [-0.05, 0) is 37.7 Å². The maximum Gasteiger partial charge on any atom is 0.222 e. The van der Waals surface area contributed by atoms with Crippen molar-refractivity contribution in [1.82, 2.24) is 9.97 Å². The Hall–Kier alpha value is -2.27. The van der Waals surface area contributed by atoms with Crippen LogP contribution in [0.5, 0.6) is 0 Å². The minimum Gasteiger partial charge on any atom is -0.376 e. The number of aryl methyl sites for hydroxylation is 1. The first-order valence-electron chi connectivity index (χ1n) is 9.00. The number of carbonyl (C=O) groups is 1. The Morgan fingerprint density at radius 1 is 1.24 bits per heavy atom. The Morgan fingerprint density at radius 2 is 2.08 bits per heavy atom. The van der Waals surface area contributed by atoms with Crippen LogP contribution in [-0.4, -0.2) is 35.0 Å². The van der Waals surface area contributed by atoms with Crippen LogP contribution >= 0.6 is 0 Å². The van der Waals surface area contributed by atoms with Gasteiger partial charge in [0.1, 0.15) is 0 Å². The number of anilines is 1. The van der Waals surface area contributed by atoms with E-state index < -0.39 is 0 Å². The van der Waals surface area contributed by atoms with Crippen molar-refractivity contribution in [3.05, 3.63) is 52.8 Å². The van der Waals surface area contributed by atoms with Crippen molar-refractivity contribution >= 4 is 11.7 Å². The minimum atomic E-state index is 0.137. The molecule has 1 aliphatic carbocycles. The third kappa shape index (κ3) is 3.56. The number of hydrogen-bond acceptors (Lipinski definition) is 5. The normalized spacial score (nSPS) is 22.7. The maximum absolute atomic E-state index is 12.5. The molecule has 0 amide bonds. The SMILES string of the molecule is Cc1ccc([C@@H]2CC(=O)c3cnc(NC[C@H]4CCCO4)nc3C2)cc1. The van der Waals surface area contributed by atoms with E-state index in [2.05, 4.69) is 46.5 Å². The van der Waals surface area contributed by atoms with Gasteiger partial charge in [-0.15, -0.1) is 0 Å². The predicted molar refractivity (Wildman–Crippen MR) is 96.1 cm³/mol. The molecule has 0 unspecified atom stereocenters. The summed E-state index contributed by atoms with van der Waals surface area (Å²) in [4.78, 5) is 21.4. The van der Waals surface area contributed by atoms with E-state index in [9.17, 15) is 4.79 Å². The van der Waals surface area contributed by atoms with Crippen LogP contribution in [0.15, 0.2) is 30.5 Å². The van der Waals surface area contributed by atoms with Crippen LogP contribution in [0.2, 0.25) is 0 Å². The molecule has 0 bridgehead atoms. The molecule has 1 aromatic heterocycles. The molecule has 5 heteroatoms. The van der Waals surface area contributed by atoms with Gasteiger partial charge >= 0.3 is 0 Å². The number of ketones is 1. The number of Topliss-reactive ketones (excluding diaryl/α,β-unsaturated/α-hetero) is 1. The minimum absolute atomic E-state index is 0.137. The molecule has 2 aliphatic rings. The van der Waals surface area contributed by atoms with E-state index in [1.54, 1.807) is 6.20 Å². The summed E-state index contributed by atoms with van der Waals surface area (Å²) < 4.78 is 5.62. The Morgan fingerprint density at radius 3 is 2.84 bits per heavy atom. The lowest BCUT2D eigenvalue weighted by Gasteiger charge is -2.23. The number of hydrogen-bond donors (Lipinski definition) is 1. The average Bonchev–Trinajstić information content (AvgIpc) is 3.14. The summed E-state index contributed by atoms with van der Waals surface area (Å²) in [5.74, 6) is 0.922. The molecule has 1 saturated heterocycles. The van der Waals surface area contributed by atoms with Crippen LogP contribution in [0.4, 0.5) is 5.95 Å². The number of fused-ring (bicyclic) bond motifs is 1. The first kappa shape index (κ1) is 16.2. The fourth-order valence-corrected chi connectivity index (χ4v) is 3.61. The fourth-order valence-electron chi connectivity index (χ4n) is 3.61. The van der Waals surface area contributed by atoms with Crippen LogP contribution in [0.1, 0.15) is 52.4 Å². The Bertz CT molecular complexity index is 767. The second kappa shape index (κ2) is 6.92. The molecule has 4 rings (SSSR count). The quantitative estimate of drug-likeness (QED) is 0.927. The van der Waals surface area contributed by atoms with Crippen LogP contribution < -0.4 is 5.32 Å². The summed E-state index contributed by atoms with van der Waals surface area (Å²) in [6.07, 6.45) is 5.41. The van der Waals surface area contributed by atoms with Crippen molar-refractivity contribution in [3.63, 3.8) is 0 Å². The fraction of sp³-hybridized carbons (Fsp3) is 0.450. The molecule has 1 aromatic carbocycles. The third-order valence-corrected chi connectivity index (χ3v) is 5.10. The summed E-state index contributed by atoms with van der Waals surface area (Å²) in [5.41, 5.74) is 3.96. The molecular weight excluding hydrogens is 314 g/mol. The number of rotatable bonds is 4. The molecule has 1 fully saturated rings. The van der Waals surface area contributed by atoms with Crippen LogP contribution in [0.25, 0.3) is 0 Å². The largest absolute Gasteiger partial charge is 0.376 e. The van der Waals surface area contributed by atoms with E-state index in [-0.39, 0.29) is 17.8 Å². The predicted octanol–water partition coefficient (Wildman–Crippen LogP) is 3.29. The second-order valence-electron chi connectivity index (χ2n) is 7.01. The third-order valence-electron chi connectivity index (χ3n) is 5.10. The van der Waals surface area contributed by atoms with Gasteiger partial charge in [-0.2, -0.15) is 0 Å². The van der Waals surface area contributed by atoms with Crippen molar-refractivity contribution in [3.8, 4) is 0 Å². The first-order valence-corrected chi connectivity index (χ1v) is 9.00. The number of ether oxygens (including phenoxy) is 1. The zero-order valence-corrected chi connectivity index (χ0v) is 14.5. The van der Waals surface area contributed by atoms with Gasteiger partial charge in [0.05, 0.1) is 17.4 Å². The summed E-state index contributed by atoms with van der Waals surface area (Å²) in [6, 6.07) is 8.44. The lowest BCUT2D eigenvalue weighted by atomic mass is 9.82. The summed E-state index contributed by atoms with van der Waals surface area (Å²) in [6.45, 7) is 3.63. The number of benzene rings is 1. The molecule has 2 atom stereocenters. The van der Waals surface area contributed by atoms with Gasteiger partial charge in [-0.25, -0.2) is 9.97 Å². The zero-order chi connectivity index (χ0) is 17.2. The van der Waals surface area contributed by atoms with E-state index in [1.165, 1.54) is 11.1 Å². The highest BCUT2D eigenvalue weighted by Gasteiger charge is 2.28. The summed E-state index contributed by atoms with van der Waals surface area (Å²) in [7, 11) is 0. The molecule has 130 valence electrons. The van der Waals surface area contributed by atoms with E-state index in [0.717, 1.165) is 31.6 Å².